The topological polar surface area (TPSA) is 195 Å². The third kappa shape index (κ3) is 6.04. The maximum Gasteiger partial charge on any atom is 0.295 e. The molecule has 5 aromatic rings. The van der Waals surface area contributed by atoms with Crippen molar-refractivity contribution in [2.45, 2.75) is 50.5 Å². The van der Waals surface area contributed by atoms with Crippen LogP contribution < -0.4 is 15.5 Å². The van der Waals surface area contributed by atoms with Gasteiger partial charge in [0.1, 0.15) is 23.0 Å². The maximum absolute atomic E-state index is 13.7. The predicted molar refractivity (Wildman–Crippen MR) is 189 cm³/mol. The molecule has 1 unspecified atom stereocenters. The molecule has 7 rings (SSSR count). The van der Waals surface area contributed by atoms with Gasteiger partial charge in [0.25, 0.3) is 11.8 Å². The zero-order chi connectivity index (χ0) is 36.4. The number of aliphatic hydroxyl groups is 2. The third-order valence-electron chi connectivity index (χ3n) is 9.46. The summed E-state index contributed by atoms with van der Waals surface area (Å²) in [6.07, 6.45) is 4.47. The molecule has 1 aliphatic heterocycles. The summed E-state index contributed by atoms with van der Waals surface area (Å²) in [5.74, 6) is -2.95. The number of anilines is 4. The highest BCUT2D eigenvalue weighted by Gasteiger charge is 2.39. The summed E-state index contributed by atoms with van der Waals surface area (Å²) in [4.78, 5) is 41.8. The number of carbonyl (C=O) groups is 2. The van der Waals surface area contributed by atoms with E-state index in [-0.39, 0.29) is 34.2 Å². The molecule has 0 spiro atoms. The standard InChI is InChI=1S/C35H37N9O6S/c1-6-51(49,50)22-12-13-36-28(15-22)35(47,48)43(5)34(46)27-16-24-20(3)42(4)32-23(25(24)18-37-27)8-7-9-26(32)38-31-17-29(40-33(45)21-10-11-21)39-30-14-19(2)41-44(30)31/h7-9,12-18,20-21,38,47-48H,6,10-11H2,1-5H3,(H,39,40,45). The molecule has 1 fully saturated rings. The predicted octanol–water partition coefficient (Wildman–Crippen LogP) is 3.76. The number of para-hydroxylation sites is 1. The van der Waals surface area contributed by atoms with Crippen molar-refractivity contribution in [2.75, 3.05) is 35.4 Å². The molecule has 15 nitrogen and oxygen atoms in total. The average Bonchev–Trinajstić information content (AvgIpc) is 3.91. The fourth-order valence-corrected chi connectivity index (χ4v) is 7.09. The van der Waals surface area contributed by atoms with Crippen molar-refractivity contribution in [3.05, 3.63) is 83.6 Å². The molecule has 1 aromatic carbocycles. The smallest absolute Gasteiger partial charge is 0.295 e. The number of benzene rings is 1. The molecule has 4 aromatic heterocycles. The summed E-state index contributed by atoms with van der Waals surface area (Å²) in [6.45, 7) is 5.33. The zero-order valence-corrected chi connectivity index (χ0v) is 29.4. The molecule has 5 heterocycles. The van der Waals surface area contributed by atoms with Gasteiger partial charge in [0, 0.05) is 55.7 Å². The van der Waals surface area contributed by atoms with Crippen LogP contribution >= 0.6 is 0 Å². The summed E-state index contributed by atoms with van der Waals surface area (Å²) < 4.78 is 26.5. The van der Waals surface area contributed by atoms with E-state index >= 15 is 0 Å². The number of hydrogen-bond acceptors (Lipinski definition) is 12. The molecular weight excluding hydrogens is 675 g/mol. The largest absolute Gasteiger partial charge is 0.366 e. The number of rotatable bonds is 9. The molecule has 1 aliphatic carbocycles. The van der Waals surface area contributed by atoms with Crippen molar-refractivity contribution in [3.8, 4) is 11.1 Å². The normalized spacial score (nSPS) is 15.7. The van der Waals surface area contributed by atoms with Gasteiger partial charge in [-0.3, -0.25) is 24.5 Å². The van der Waals surface area contributed by atoms with E-state index in [4.69, 9.17) is 0 Å². The van der Waals surface area contributed by atoms with Gasteiger partial charge in [0.05, 0.1) is 33.8 Å². The number of aryl methyl sites for hydroxylation is 1. The van der Waals surface area contributed by atoms with E-state index < -0.39 is 27.3 Å². The van der Waals surface area contributed by atoms with Crippen LogP contribution in [0.2, 0.25) is 0 Å². The van der Waals surface area contributed by atoms with Gasteiger partial charge in [-0.05, 0) is 56.5 Å². The first-order valence-corrected chi connectivity index (χ1v) is 18.1. The highest BCUT2D eigenvalue weighted by atomic mass is 32.2. The van der Waals surface area contributed by atoms with Gasteiger partial charge in [0.15, 0.2) is 15.5 Å². The highest BCUT2D eigenvalue weighted by molar-refractivity contribution is 7.91. The number of carbonyl (C=O) groups excluding carboxylic acids is 2. The van der Waals surface area contributed by atoms with E-state index in [0.717, 1.165) is 58.9 Å². The minimum atomic E-state index is -3.67. The lowest BCUT2D eigenvalue weighted by molar-refractivity contribution is -0.251. The number of fused-ring (bicyclic) bond motifs is 4. The van der Waals surface area contributed by atoms with Gasteiger partial charge in [-0.15, -0.1) is 0 Å². The molecule has 0 bridgehead atoms. The Bertz CT molecular complexity index is 2340. The summed E-state index contributed by atoms with van der Waals surface area (Å²) >= 11 is 0. The molecule has 2 aliphatic rings. The molecule has 1 saturated carbocycles. The number of nitrogens with zero attached hydrogens (tertiary/aromatic N) is 7. The molecule has 4 N–H and O–H groups in total. The second kappa shape index (κ2) is 12.4. The van der Waals surface area contributed by atoms with Crippen molar-refractivity contribution >= 4 is 50.3 Å². The zero-order valence-electron chi connectivity index (χ0n) is 28.6. The third-order valence-corrected chi connectivity index (χ3v) is 11.2. The van der Waals surface area contributed by atoms with E-state index in [0.29, 0.717) is 22.2 Å². The van der Waals surface area contributed by atoms with Gasteiger partial charge in [-0.1, -0.05) is 19.1 Å². The number of amides is 2. The second-order valence-corrected chi connectivity index (χ2v) is 15.2. The molecular formula is C35H37N9O6S. The number of nitrogens with one attached hydrogen (secondary N) is 2. The van der Waals surface area contributed by atoms with Crippen molar-refractivity contribution in [1.82, 2.24) is 29.5 Å². The maximum atomic E-state index is 13.7. The van der Waals surface area contributed by atoms with Crippen LogP contribution in [-0.4, -0.2) is 79.8 Å². The van der Waals surface area contributed by atoms with Crippen molar-refractivity contribution in [3.63, 3.8) is 0 Å². The van der Waals surface area contributed by atoms with Crippen molar-refractivity contribution in [1.29, 1.82) is 0 Å². The lowest BCUT2D eigenvalue weighted by atomic mass is 9.89. The lowest BCUT2D eigenvalue weighted by Crippen LogP contribution is -2.48. The van der Waals surface area contributed by atoms with Crippen LogP contribution in [-0.2, 0) is 20.5 Å². The Kier molecular flexibility index (Phi) is 8.27. The quantitative estimate of drug-likeness (QED) is 0.162. The SMILES string of the molecule is CCS(=O)(=O)c1ccnc(C(O)(O)N(C)C(=O)c2cc3c(cn2)-c2cccc(Nc4cc(NC(=O)C5CC5)nc5cc(C)nn45)c2N(C)C3C)c1. The summed E-state index contributed by atoms with van der Waals surface area (Å²) in [6, 6.07) is 13.0. The van der Waals surface area contributed by atoms with Crippen LogP contribution in [0.25, 0.3) is 16.8 Å². The Morgan fingerprint density at radius 2 is 1.84 bits per heavy atom. The van der Waals surface area contributed by atoms with Gasteiger partial charge in [-0.2, -0.15) is 9.61 Å². The molecule has 264 valence electrons. The van der Waals surface area contributed by atoms with Crippen LogP contribution in [0.5, 0.6) is 0 Å². The fourth-order valence-electron chi connectivity index (χ4n) is 6.20. The molecule has 0 radical (unpaired) electrons. The van der Waals surface area contributed by atoms with Gasteiger partial charge >= 0.3 is 0 Å². The van der Waals surface area contributed by atoms with Gasteiger partial charge < -0.3 is 25.7 Å². The minimum Gasteiger partial charge on any atom is -0.366 e. The number of pyridine rings is 2. The van der Waals surface area contributed by atoms with E-state index in [9.17, 15) is 28.2 Å². The van der Waals surface area contributed by atoms with Gasteiger partial charge in [-0.25, -0.2) is 13.4 Å². The molecule has 51 heavy (non-hydrogen) atoms. The minimum absolute atomic E-state index is 0.0165. The Labute approximate surface area is 293 Å². The fraction of sp³-hybridized carbons (Fsp3) is 0.314. The Balaban J connectivity index is 1.21. The first-order chi connectivity index (χ1) is 24.2. The van der Waals surface area contributed by atoms with E-state index in [1.54, 1.807) is 22.8 Å². The van der Waals surface area contributed by atoms with Crippen LogP contribution in [0, 0.1) is 12.8 Å². The second-order valence-electron chi connectivity index (χ2n) is 12.9. The highest BCUT2D eigenvalue weighted by Crippen LogP contribution is 2.48. The Morgan fingerprint density at radius 3 is 2.57 bits per heavy atom. The van der Waals surface area contributed by atoms with Crippen LogP contribution in [0.1, 0.15) is 60.2 Å². The number of aromatic nitrogens is 5. The molecule has 2 amide bonds. The first kappa shape index (κ1) is 34.0. The molecule has 0 saturated heterocycles. The van der Waals surface area contributed by atoms with Crippen molar-refractivity contribution in [2.24, 2.45) is 5.92 Å². The molecule has 16 heteroatoms. The van der Waals surface area contributed by atoms with E-state index in [1.807, 2.05) is 45.2 Å². The van der Waals surface area contributed by atoms with Crippen LogP contribution in [0.4, 0.5) is 23.0 Å². The summed E-state index contributed by atoms with van der Waals surface area (Å²) in [5, 5.41) is 33.1. The van der Waals surface area contributed by atoms with E-state index in [1.165, 1.54) is 20.0 Å². The Hall–Kier alpha value is -5.45. The lowest BCUT2D eigenvalue weighted by Gasteiger charge is -2.37. The summed E-state index contributed by atoms with van der Waals surface area (Å²) in [5.41, 5.74) is 4.90. The number of hydrogen-bond donors (Lipinski definition) is 4. The average molecular weight is 712 g/mol. The van der Waals surface area contributed by atoms with Crippen LogP contribution in [0.15, 0.2) is 65.8 Å². The summed E-state index contributed by atoms with van der Waals surface area (Å²) in [7, 11) is -0.563. The monoisotopic (exact) mass is 711 g/mol. The number of sulfone groups is 1. The first-order valence-electron chi connectivity index (χ1n) is 16.4. The molecule has 1 atom stereocenters. The van der Waals surface area contributed by atoms with Crippen LogP contribution in [0.3, 0.4) is 0 Å². The van der Waals surface area contributed by atoms with Crippen molar-refractivity contribution < 1.29 is 28.2 Å². The van der Waals surface area contributed by atoms with E-state index in [2.05, 4.69) is 35.6 Å². The Morgan fingerprint density at radius 1 is 1.08 bits per heavy atom. The van der Waals surface area contributed by atoms with Gasteiger partial charge in [0.2, 0.25) is 5.91 Å².